The number of H-pyrrole nitrogens is 1. The largest absolute Gasteiger partial charge is 0.497 e. The van der Waals surface area contributed by atoms with Crippen LogP contribution < -0.4 is 15.6 Å². The van der Waals surface area contributed by atoms with Crippen molar-refractivity contribution >= 4 is 29.1 Å². The Labute approximate surface area is 309 Å². The summed E-state index contributed by atoms with van der Waals surface area (Å²) in [5.74, 6) is 0.230. The third kappa shape index (κ3) is 10.1. The maximum atomic E-state index is 13.5. The van der Waals surface area contributed by atoms with Gasteiger partial charge in [0.2, 0.25) is 5.95 Å². The second-order valence-corrected chi connectivity index (χ2v) is 12.8. The van der Waals surface area contributed by atoms with Crippen LogP contribution in [0.25, 0.3) is 11.2 Å². The number of carbonyl (C=O) groups excluding carboxylic acids is 2. The molecule has 12 nitrogen and oxygen atoms in total. The number of nitrogens with one attached hydrogen (secondary N) is 2. The van der Waals surface area contributed by atoms with E-state index in [0.717, 1.165) is 55.2 Å². The maximum absolute atomic E-state index is 13.5. The molecule has 0 amide bonds. The summed E-state index contributed by atoms with van der Waals surface area (Å²) >= 11 is 0. The smallest absolute Gasteiger partial charge is 0.305 e. The molecule has 2 aromatic heterocycles. The van der Waals surface area contributed by atoms with Crippen LogP contribution in [0.4, 0.5) is 5.95 Å². The SMILES string of the molecule is CCCCCC(=O)OCC(COC(=O)CCCCC)OCn1cnc2c(=O)[nH]c(NC(c3ccccc3)(c3ccccc3)c3ccc(OC)cc3)nc21. The van der Waals surface area contributed by atoms with E-state index in [9.17, 15) is 14.4 Å². The minimum absolute atomic E-state index is 0.0980. The minimum atomic E-state index is -0.993. The number of methoxy groups -OCH3 is 1. The van der Waals surface area contributed by atoms with Crippen LogP contribution in [0.5, 0.6) is 5.75 Å². The van der Waals surface area contributed by atoms with E-state index in [1.807, 2.05) is 84.9 Å². The van der Waals surface area contributed by atoms with E-state index in [0.29, 0.717) is 18.6 Å². The van der Waals surface area contributed by atoms with Crippen LogP contribution in [-0.4, -0.2) is 57.9 Å². The Balaban J connectivity index is 1.44. The quantitative estimate of drug-likeness (QED) is 0.0456. The fourth-order valence-electron chi connectivity index (χ4n) is 6.10. The molecule has 0 saturated heterocycles. The van der Waals surface area contributed by atoms with Crippen molar-refractivity contribution in [3.05, 3.63) is 118 Å². The second kappa shape index (κ2) is 19.4. The van der Waals surface area contributed by atoms with Crippen molar-refractivity contribution in [2.75, 3.05) is 25.6 Å². The zero-order valence-electron chi connectivity index (χ0n) is 30.7. The van der Waals surface area contributed by atoms with Gasteiger partial charge in [-0.2, -0.15) is 4.98 Å². The van der Waals surface area contributed by atoms with Crippen LogP contribution in [0.2, 0.25) is 0 Å². The molecule has 0 aliphatic heterocycles. The average molecular weight is 724 g/mol. The molecule has 5 rings (SSSR count). The van der Waals surface area contributed by atoms with Gasteiger partial charge in [-0.05, 0) is 41.7 Å². The monoisotopic (exact) mass is 723 g/mol. The van der Waals surface area contributed by atoms with Crippen molar-refractivity contribution in [3.63, 3.8) is 0 Å². The molecule has 0 unspecified atom stereocenters. The Kier molecular flexibility index (Phi) is 14.2. The molecule has 0 atom stereocenters. The molecule has 0 bridgehead atoms. The van der Waals surface area contributed by atoms with Gasteiger partial charge in [0.1, 0.15) is 37.3 Å². The lowest BCUT2D eigenvalue weighted by molar-refractivity contribution is -0.157. The number of hydrogen-bond donors (Lipinski definition) is 2. The summed E-state index contributed by atoms with van der Waals surface area (Å²) in [6.07, 6.45) is 6.62. The summed E-state index contributed by atoms with van der Waals surface area (Å²) in [4.78, 5) is 50.4. The number of esters is 2. The van der Waals surface area contributed by atoms with E-state index in [2.05, 4.69) is 29.1 Å². The lowest BCUT2D eigenvalue weighted by atomic mass is 9.77. The van der Waals surface area contributed by atoms with Crippen molar-refractivity contribution in [2.24, 2.45) is 0 Å². The first-order valence-corrected chi connectivity index (χ1v) is 18.3. The number of imidazole rings is 1. The third-order valence-corrected chi connectivity index (χ3v) is 9.00. The van der Waals surface area contributed by atoms with Gasteiger partial charge in [-0.1, -0.05) is 112 Å². The predicted octanol–water partition coefficient (Wildman–Crippen LogP) is 7.12. The van der Waals surface area contributed by atoms with E-state index >= 15 is 0 Å². The molecule has 5 aromatic rings. The molecule has 2 N–H and O–H groups in total. The number of aromatic amines is 1. The summed E-state index contributed by atoms with van der Waals surface area (Å²) in [7, 11) is 1.62. The molecule has 0 saturated carbocycles. The van der Waals surface area contributed by atoms with Gasteiger partial charge in [0.25, 0.3) is 5.56 Å². The topological polar surface area (TPSA) is 147 Å². The summed E-state index contributed by atoms with van der Waals surface area (Å²) < 4.78 is 24.2. The normalized spacial score (nSPS) is 11.5. The van der Waals surface area contributed by atoms with Crippen LogP contribution >= 0.6 is 0 Å². The number of aromatic nitrogens is 4. The zero-order chi connectivity index (χ0) is 37.5. The summed E-state index contributed by atoms with van der Waals surface area (Å²) in [6, 6.07) is 27.6. The molecule has 280 valence electrons. The molecule has 0 radical (unpaired) electrons. The first-order valence-electron chi connectivity index (χ1n) is 18.3. The number of ether oxygens (including phenoxy) is 4. The van der Waals surface area contributed by atoms with Gasteiger partial charge >= 0.3 is 11.9 Å². The number of unbranched alkanes of at least 4 members (excludes halogenated alkanes) is 4. The highest BCUT2D eigenvalue weighted by Crippen LogP contribution is 2.40. The van der Waals surface area contributed by atoms with Crippen LogP contribution in [0, 0.1) is 0 Å². The number of rotatable bonds is 21. The summed E-state index contributed by atoms with van der Waals surface area (Å²) in [6.45, 7) is 3.84. The van der Waals surface area contributed by atoms with E-state index in [4.69, 9.17) is 23.9 Å². The molecular formula is C41H49N5O7. The van der Waals surface area contributed by atoms with Gasteiger partial charge in [0, 0.05) is 12.8 Å². The minimum Gasteiger partial charge on any atom is -0.497 e. The van der Waals surface area contributed by atoms with Gasteiger partial charge in [0.05, 0.1) is 13.4 Å². The van der Waals surface area contributed by atoms with Crippen LogP contribution in [-0.2, 0) is 36.1 Å². The molecule has 0 fully saturated rings. The number of anilines is 1. The van der Waals surface area contributed by atoms with Crippen molar-refractivity contribution in [1.82, 2.24) is 19.5 Å². The zero-order valence-corrected chi connectivity index (χ0v) is 30.7. The van der Waals surface area contributed by atoms with Crippen molar-refractivity contribution in [2.45, 2.75) is 83.6 Å². The number of fused-ring (bicyclic) bond motifs is 1. The van der Waals surface area contributed by atoms with Crippen molar-refractivity contribution in [1.29, 1.82) is 0 Å². The third-order valence-electron chi connectivity index (χ3n) is 9.00. The van der Waals surface area contributed by atoms with Crippen LogP contribution in [0.1, 0.15) is 81.9 Å². The first-order chi connectivity index (χ1) is 25.9. The first kappa shape index (κ1) is 38.7. The molecule has 12 heteroatoms. The van der Waals surface area contributed by atoms with Gasteiger partial charge in [0.15, 0.2) is 11.2 Å². The number of benzene rings is 3. The van der Waals surface area contributed by atoms with Crippen molar-refractivity contribution in [3.8, 4) is 5.75 Å². The lowest BCUT2D eigenvalue weighted by Crippen LogP contribution is -2.39. The van der Waals surface area contributed by atoms with Crippen molar-refractivity contribution < 1.29 is 28.5 Å². The van der Waals surface area contributed by atoms with E-state index in [1.54, 1.807) is 11.7 Å². The summed E-state index contributed by atoms with van der Waals surface area (Å²) in [5.41, 5.74) is 1.65. The molecule has 3 aromatic carbocycles. The predicted molar refractivity (Wildman–Crippen MR) is 203 cm³/mol. The fraction of sp³-hybridized carbons (Fsp3) is 0.390. The average Bonchev–Trinajstić information content (AvgIpc) is 3.61. The summed E-state index contributed by atoms with van der Waals surface area (Å²) in [5, 5.41) is 3.60. The van der Waals surface area contributed by atoms with E-state index < -0.39 is 17.2 Å². The molecule has 0 aliphatic carbocycles. The maximum Gasteiger partial charge on any atom is 0.305 e. The number of nitrogens with zero attached hydrogens (tertiary/aromatic N) is 3. The molecule has 0 aliphatic rings. The highest BCUT2D eigenvalue weighted by Gasteiger charge is 2.37. The Bertz CT molecular complexity index is 1880. The van der Waals surface area contributed by atoms with E-state index in [1.165, 1.54) is 6.33 Å². The molecular weight excluding hydrogens is 674 g/mol. The lowest BCUT2D eigenvalue weighted by Gasteiger charge is -2.37. The standard InChI is InChI=1S/C41H49N5O7/c1-4-6-10-20-35(47)51-26-34(27-52-36(48)21-11-7-5-2)53-29-46-28-42-37-38(46)43-40(44-39(37)49)45-41(30-16-12-8-13-17-30,31-18-14-9-15-19-31)32-22-24-33(50-3)25-23-32/h8-9,12-19,22-25,28,34H,4-7,10-11,20-21,26-27,29H2,1-3H3,(H2,43,44,45,49). The van der Waals surface area contributed by atoms with Gasteiger partial charge in [-0.25, -0.2) is 4.98 Å². The van der Waals surface area contributed by atoms with Gasteiger partial charge in [-0.3, -0.25) is 23.9 Å². The fourth-order valence-corrected chi connectivity index (χ4v) is 6.10. The molecule has 0 spiro atoms. The molecule has 53 heavy (non-hydrogen) atoms. The highest BCUT2D eigenvalue weighted by atomic mass is 16.6. The Morgan fingerprint density at radius 1 is 0.792 bits per heavy atom. The number of carbonyl (C=O) groups is 2. The van der Waals surface area contributed by atoms with Gasteiger partial charge < -0.3 is 24.3 Å². The van der Waals surface area contributed by atoms with Crippen LogP contribution in [0.15, 0.2) is 96.1 Å². The van der Waals surface area contributed by atoms with E-state index in [-0.39, 0.29) is 49.0 Å². The van der Waals surface area contributed by atoms with Gasteiger partial charge in [-0.15, -0.1) is 0 Å². The highest BCUT2D eigenvalue weighted by molar-refractivity contribution is 5.72. The second-order valence-electron chi connectivity index (χ2n) is 12.8. The number of hydrogen-bond acceptors (Lipinski definition) is 10. The Morgan fingerprint density at radius 2 is 1.34 bits per heavy atom. The Hall–Kier alpha value is -5.49. The molecule has 2 heterocycles. The van der Waals surface area contributed by atoms with Crippen LogP contribution in [0.3, 0.4) is 0 Å². The Morgan fingerprint density at radius 3 is 1.87 bits per heavy atom.